The highest BCUT2D eigenvalue weighted by Crippen LogP contribution is 2.17. The largest absolute Gasteiger partial charge is 0.462 e. The molecule has 75 heavy (non-hydrogen) atoms. The molecule has 0 fully saturated rings. The van der Waals surface area contributed by atoms with Gasteiger partial charge in [-0.2, -0.15) is 0 Å². The van der Waals surface area contributed by atoms with Gasteiger partial charge in [-0.3, -0.25) is 14.4 Å². The highest BCUT2D eigenvalue weighted by Gasteiger charge is 2.19. The summed E-state index contributed by atoms with van der Waals surface area (Å²) in [5.41, 5.74) is 0. The number of carbonyl (C=O) groups is 3. The summed E-state index contributed by atoms with van der Waals surface area (Å²) in [4.78, 5) is 38.4. The molecule has 0 saturated carbocycles. The average Bonchev–Trinajstić information content (AvgIpc) is 3.41. The fourth-order valence-electron chi connectivity index (χ4n) is 10.0. The van der Waals surface area contributed by atoms with Crippen LogP contribution >= 0.6 is 0 Å². The van der Waals surface area contributed by atoms with E-state index in [1.54, 1.807) is 0 Å². The van der Waals surface area contributed by atoms with E-state index in [9.17, 15) is 14.4 Å². The number of hydrogen-bond acceptors (Lipinski definition) is 6. The van der Waals surface area contributed by atoms with Crippen LogP contribution in [0.2, 0.25) is 0 Å². The van der Waals surface area contributed by atoms with Gasteiger partial charge in [-0.15, -0.1) is 0 Å². The number of unbranched alkanes of at least 4 members (excludes halogenated alkanes) is 45. The van der Waals surface area contributed by atoms with Crippen LogP contribution in [0.15, 0.2) is 36.5 Å². The molecule has 0 bridgehead atoms. The Morgan fingerprint density at radius 2 is 0.440 bits per heavy atom. The van der Waals surface area contributed by atoms with Crippen molar-refractivity contribution in [3.05, 3.63) is 36.5 Å². The Hall–Kier alpha value is -2.37. The summed E-state index contributed by atoms with van der Waals surface area (Å²) in [6, 6.07) is 0. The number of rotatable bonds is 62. The van der Waals surface area contributed by atoms with Gasteiger partial charge >= 0.3 is 17.9 Å². The van der Waals surface area contributed by atoms with E-state index >= 15 is 0 Å². The lowest BCUT2D eigenvalue weighted by Crippen LogP contribution is -2.30. The Balaban J connectivity index is 4.34. The molecule has 0 rings (SSSR count). The third kappa shape index (κ3) is 62.4. The van der Waals surface area contributed by atoms with Gasteiger partial charge in [0.2, 0.25) is 0 Å². The smallest absolute Gasteiger partial charge is 0.306 e. The summed E-state index contributed by atoms with van der Waals surface area (Å²) in [5, 5.41) is 0. The van der Waals surface area contributed by atoms with Gasteiger partial charge in [0.05, 0.1) is 0 Å². The van der Waals surface area contributed by atoms with Gasteiger partial charge in [0, 0.05) is 19.3 Å². The van der Waals surface area contributed by atoms with Crippen LogP contribution in [-0.4, -0.2) is 37.2 Å². The molecular formula is C69H128O6. The van der Waals surface area contributed by atoms with Crippen molar-refractivity contribution < 1.29 is 28.6 Å². The van der Waals surface area contributed by atoms with Gasteiger partial charge in [-0.1, -0.05) is 288 Å². The highest BCUT2D eigenvalue weighted by molar-refractivity contribution is 5.71. The Labute approximate surface area is 467 Å². The molecule has 0 aliphatic heterocycles. The molecule has 0 aliphatic rings. The Morgan fingerprint density at radius 1 is 0.253 bits per heavy atom. The van der Waals surface area contributed by atoms with Gasteiger partial charge in [0.15, 0.2) is 6.10 Å². The molecule has 6 nitrogen and oxygen atoms in total. The maximum Gasteiger partial charge on any atom is 0.306 e. The summed E-state index contributed by atoms with van der Waals surface area (Å²) < 4.78 is 17.0. The van der Waals surface area contributed by atoms with Gasteiger partial charge in [-0.05, 0) is 96.3 Å². The summed E-state index contributed by atoms with van der Waals surface area (Å²) in [6.45, 7) is 6.69. The molecule has 0 amide bonds. The lowest BCUT2D eigenvalue weighted by molar-refractivity contribution is -0.167. The van der Waals surface area contributed by atoms with Crippen LogP contribution in [0.1, 0.15) is 367 Å². The fourth-order valence-corrected chi connectivity index (χ4v) is 10.0. The Morgan fingerprint density at radius 3 is 0.667 bits per heavy atom. The molecule has 0 spiro atoms. The second-order valence-electron chi connectivity index (χ2n) is 22.7. The van der Waals surface area contributed by atoms with Crippen LogP contribution in [-0.2, 0) is 28.6 Å². The molecule has 0 radical (unpaired) electrons. The van der Waals surface area contributed by atoms with E-state index in [0.717, 1.165) is 57.8 Å². The first-order valence-corrected chi connectivity index (χ1v) is 33.5. The van der Waals surface area contributed by atoms with Crippen LogP contribution in [0, 0.1) is 0 Å². The minimum absolute atomic E-state index is 0.0712. The number of allylic oxidation sites excluding steroid dienone is 6. The maximum absolute atomic E-state index is 12.9. The molecule has 0 aromatic rings. The van der Waals surface area contributed by atoms with Crippen molar-refractivity contribution in [2.45, 2.75) is 374 Å². The maximum atomic E-state index is 12.9. The predicted octanol–water partition coefficient (Wildman–Crippen LogP) is 22.8. The van der Waals surface area contributed by atoms with E-state index in [4.69, 9.17) is 14.2 Å². The van der Waals surface area contributed by atoms with Crippen molar-refractivity contribution in [3.8, 4) is 0 Å². The molecule has 0 aromatic heterocycles. The first-order valence-electron chi connectivity index (χ1n) is 33.5. The number of carbonyl (C=O) groups excluding carboxylic acids is 3. The van der Waals surface area contributed by atoms with Crippen LogP contribution in [0.3, 0.4) is 0 Å². The second kappa shape index (κ2) is 64.2. The molecule has 0 N–H and O–H groups in total. The molecule has 440 valence electrons. The van der Waals surface area contributed by atoms with E-state index in [1.165, 1.54) is 270 Å². The van der Waals surface area contributed by atoms with Crippen molar-refractivity contribution in [1.29, 1.82) is 0 Å². The van der Waals surface area contributed by atoms with E-state index in [2.05, 4.69) is 57.2 Å². The molecule has 1 atom stereocenters. The van der Waals surface area contributed by atoms with Crippen LogP contribution in [0.4, 0.5) is 0 Å². The van der Waals surface area contributed by atoms with E-state index in [-0.39, 0.29) is 31.1 Å². The van der Waals surface area contributed by atoms with E-state index < -0.39 is 6.10 Å². The first-order chi connectivity index (χ1) is 37.0. The van der Waals surface area contributed by atoms with Crippen molar-refractivity contribution in [2.24, 2.45) is 0 Å². The Kier molecular flexibility index (Phi) is 62.1. The standard InChI is InChI=1S/C69H128O6/c1-4-7-10-13-16-19-22-25-28-31-34-37-40-43-46-49-52-55-58-61-67(70)73-64-66(75-69(72)63-60-57-54-51-48-45-42-39-36-33-30-27-24-21-18-15-12-9-6-3)65-74-68(71)62-59-56-53-50-47-44-41-38-35-32-29-26-23-20-17-14-11-8-5-2/h25-30,66H,4-24,31-65H2,1-3H3/b28-25-,29-26+,30-27-. The molecule has 6 heteroatoms. The third-order valence-electron chi connectivity index (χ3n) is 15.1. The highest BCUT2D eigenvalue weighted by atomic mass is 16.6. The van der Waals surface area contributed by atoms with E-state index in [0.29, 0.717) is 19.3 Å². The molecule has 0 saturated heterocycles. The number of ether oxygens (including phenoxy) is 3. The lowest BCUT2D eigenvalue weighted by Gasteiger charge is -2.18. The van der Waals surface area contributed by atoms with Crippen molar-refractivity contribution >= 4 is 17.9 Å². The molecular weight excluding hydrogens is 925 g/mol. The second-order valence-corrected chi connectivity index (χ2v) is 22.7. The summed E-state index contributed by atoms with van der Waals surface area (Å²) >= 11 is 0. The summed E-state index contributed by atoms with van der Waals surface area (Å²) in [5.74, 6) is -0.852. The van der Waals surface area contributed by atoms with Gasteiger partial charge < -0.3 is 14.2 Å². The molecule has 0 aromatic carbocycles. The van der Waals surface area contributed by atoms with Gasteiger partial charge in [0.25, 0.3) is 0 Å². The topological polar surface area (TPSA) is 78.9 Å². The van der Waals surface area contributed by atoms with Crippen LogP contribution in [0.5, 0.6) is 0 Å². The molecule has 1 unspecified atom stereocenters. The zero-order chi connectivity index (χ0) is 54.3. The minimum atomic E-state index is -0.775. The summed E-state index contributed by atoms with van der Waals surface area (Å²) in [6.07, 6.45) is 78.6. The molecule has 0 aliphatic carbocycles. The number of hydrogen-bond donors (Lipinski definition) is 0. The Bertz CT molecular complexity index is 1190. The van der Waals surface area contributed by atoms with Crippen LogP contribution in [0.25, 0.3) is 0 Å². The van der Waals surface area contributed by atoms with Crippen LogP contribution < -0.4 is 0 Å². The van der Waals surface area contributed by atoms with Gasteiger partial charge in [0.1, 0.15) is 13.2 Å². The van der Waals surface area contributed by atoms with Crippen molar-refractivity contribution in [1.82, 2.24) is 0 Å². The fraction of sp³-hybridized carbons (Fsp3) is 0.870. The monoisotopic (exact) mass is 1050 g/mol. The minimum Gasteiger partial charge on any atom is -0.462 e. The zero-order valence-electron chi connectivity index (χ0n) is 50.6. The van der Waals surface area contributed by atoms with Crippen molar-refractivity contribution in [2.75, 3.05) is 13.2 Å². The zero-order valence-corrected chi connectivity index (χ0v) is 50.6. The van der Waals surface area contributed by atoms with Gasteiger partial charge in [-0.25, -0.2) is 0 Å². The first kappa shape index (κ1) is 72.6. The normalized spacial score (nSPS) is 12.2. The molecule has 0 heterocycles. The summed E-state index contributed by atoms with van der Waals surface area (Å²) in [7, 11) is 0. The third-order valence-corrected chi connectivity index (χ3v) is 15.1. The predicted molar refractivity (Wildman–Crippen MR) is 326 cm³/mol. The average molecular weight is 1050 g/mol. The van der Waals surface area contributed by atoms with E-state index in [1.807, 2.05) is 0 Å². The van der Waals surface area contributed by atoms with Crippen molar-refractivity contribution in [3.63, 3.8) is 0 Å². The lowest BCUT2D eigenvalue weighted by atomic mass is 10.1. The number of esters is 3. The quantitative estimate of drug-likeness (QED) is 0.0261. The SMILES string of the molecule is CCCCCCCC/C=C\CCCCCCCCCCCC(=O)OCC(COC(=O)CCCCCCCCCCC/C=C/CCCCCCCC)OC(=O)CCCCCCCCCCC/C=C\CCCCCCCC.